The van der Waals surface area contributed by atoms with Crippen molar-refractivity contribution in [1.82, 2.24) is 5.32 Å². The largest absolute Gasteiger partial charge is 0.388 e. The minimum absolute atomic E-state index is 0.318. The Balaban J connectivity index is 2.33. The van der Waals surface area contributed by atoms with Crippen molar-refractivity contribution in [2.45, 2.75) is 25.7 Å². The molecule has 2 nitrogen and oxygen atoms in total. The molecule has 88 valence electrons. The smallest absolute Gasteiger partial charge is 0.0340 e. The molecule has 0 aliphatic carbocycles. The van der Waals surface area contributed by atoms with Crippen LogP contribution in [0.2, 0.25) is 0 Å². The van der Waals surface area contributed by atoms with E-state index in [1.54, 1.807) is 0 Å². The van der Waals surface area contributed by atoms with Crippen LogP contribution in [0.4, 0.5) is 5.69 Å². The third kappa shape index (κ3) is 1.94. The van der Waals surface area contributed by atoms with Crippen molar-refractivity contribution in [3.8, 4) is 0 Å². The summed E-state index contributed by atoms with van der Waals surface area (Å²) in [5.74, 6) is 0.688. The zero-order chi connectivity index (χ0) is 11.6. The monoisotopic (exact) mass is 218 g/mol. The molecule has 1 aliphatic heterocycles. The molecule has 1 heterocycles. The Morgan fingerprint density at radius 2 is 2.25 bits per heavy atom. The fourth-order valence-electron chi connectivity index (χ4n) is 2.60. The highest BCUT2D eigenvalue weighted by atomic mass is 14.9. The molecule has 2 rings (SSSR count). The van der Waals surface area contributed by atoms with Gasteiger partial charge in [-0.05, 0) is 48.5 Å². The number of benzene rings is 1. The Kier molecular flexibility index (Phi) is 3.20. The maximum absolute atomic E-state index is 3.47. The van der Waals surface area contributed by atoms with E-state index >= 15 is 0 Å². The van der Waals surface area contributed by atoms with Crippen molar-refractivity contribution in [2.24, 2.45) is 5.92 Å². The summed E-state index contributed by atoms with van der Waals surface area (Å²) in [5, 5.41) is 6.70. The fraction of sp³-hybridized carbons (Fsp3) is 0.571. The highest BCUT2D eigenvalue weighted by molar-refractivity contribution is 5.47. The third-order valence-corrected chi connectivity index (χ3v) is 4.17. The molecule has 1 saturated heterocycles. The van der Waals surface area contributed by atoms with Crippen molar-refractivity contribution in [3.05, 3.63) is 29.8 Å². The van der Waals surface area contributed by atoms with Crippen molar-refractivity contribution in [2.75, 3.05) is 25.5 Å². The van der Waals surface area contributed by atoms with Crippen LogP contribution in [0, 0.1) is 5.92 Å². The van der Waals surface area contributed by atoms with Gasteiger partial charge in [-0.25, -0.2) is 0 Å². The summed E-state index contributed by atoms with van der Waals surface area (Å²) in [7, 11) is 1.98. The topological polar surface area (TPSA) is 24.1 Å². The quantitative estimate of drug-likeness (QED) is 0.797. The molecule has 1 aromatic rings. The Labute approximate surface area is 98.4 Å². The molecule has 0 spiro atoms. The number of rotatable bonds is 2. The SMILES string of the molecule is CNc1cccc([C@@]2(C)CCNC[C@@H]2C)c1. The summed E-state index contributed by atoms with van der Waals surface area (Å²) < 4.78 is 0. The van der Waals surface area contributed by atoms with Gasteiger partial charge in [-0.15, -0.1) is 0 Å². The molecule has 2 atom stereocenters. The molecule has 2 N–H and O–H groups in total. The van der Waals surface area contributed by atoms with Gasteiger partial charge in [0.2, 0.25) is 0 Å². The molecule has 1 aromatic carbocycles. The summed E-state index contributed by atoms with van der Waals surface area (Å²) in [6, 6.07) is 8.84. The highest BCUT2D eigenvalue weighted by Gasteiger charge is 2.35. The maximum Gasteiger partial charge on any atom is 0.0340 e. The summed E-state index contributed by atoms with van der Waals surface area (Å²) in [5.41, 5.74) is 3.00. The molecule has 0 radical (unpaired) electrons. The van der Waals surface area contributed by atoms with Crippen LogP contribution in [0.3, 0.4) is 0 Å². The lowest BCUT2D eigenvalue weighted by atomic mass is 9.68. The Bertz CT molecular complexity index is 362. The minimum atomic E-state index is 0.318. The zero-order valence-corrected chi connectivity index (χ0v) is 10.5. The van der Waals surface area contributed by atoms with Gasteiger partial charge >= 0.3 is 0 Å². The fourth-order valence-corrected chi connectivity index (χ4v) is 2.60. The molecule has 0 bridgehead atoms. The molecule has 1 fully saturated rings. The summed E-state index contributed by atoms with van der Waals surface area (Å²) in [4.78, 5) is 0. The molecule has 0 unspecified atom stereocenters. The lowest BCUT2D eigenvalue weighted by molar-refractivity contribution is 0.238. The summed E-state index contributed by atoms with van der Waals surface area (Å²) in [6.07, 6.45) is 1.22. The number of nitrogens with one attached hydrogen (secondary N) is 2. The van der Waals surface area contributed by atoms with Crippen molar-refractivity contribution >= 4 is 5.69 Å². The predicted molar refractivity (Wildman–Crippen MR) is 70.0 cm³/mol. The lowest BCUT2D eigenvalue weighted by Crippen LogP contribution is -2.44. The summed E-state index contributed by atoms with van der Waals surface area (Å²) in [6.45, 7) is 7.00. The predicted octanol–water partition coefficient (Wildman–Crippen LogP) is 2.62. The molecule has 16 heavy (non-hydrogen) atoms. The Hall–Kier alpha value is -1.02. The third-order valence-electron chi connectivity index (χ3n) is 4.17. The van der Waals surface area contributed by atoms with Crippen molar-refractivity contribution in [1.29, 1.82) is 0 Å². The zero-order valence-electron chi connectivity index (χ0n) is 10.5. The van der Waals surface area contributed by atoms with E-state index in [4.69, 9.17) is 0 Å². The van der Waals surface area contributed by atoms with Crippen LogP contribution >= 0.6 is 0 Å². The van der Waals surface area contributed by atoms with E-state index in [-0.39, 0.29) is 0 Å². The second-order valence-corrected chi connectivity index (χ2v) is 5.10. The number of anilines is 1. The van der Waals surface area contributed by atoms with Crippen LogP contribution in [-0.4, -0.2) is 20.1 Å². The first-order chi connectivity index (χ1) is 7.66. The van der Waals surface area contributed by atoms with Crippen LogP contribution in [-0.2, 0) is 5.41 Å². The van der Waals surface area contributed by atoms with E-state index in [9.17, 15) is 0 Å². The molecule has 1 aliphatic rings. The molecule has 0 aromatic heterocycles. The van der Waals surface area contributed by atoms with E-state index in [0.29, 0.717) is 11.3 Å². The highest BCUT2D eigenvalue weighted by Crippen LogP contribution is 2.37. The van der Waals surface area contributed by atoms with Gasteiger partial charge in [0.15, 0.2) is 0 Å². The minimum Gasteiger partial charge on any atom is -0.388 e. The molecule has 0 amide bonds. The Morgan fingerprint density at radius 1 is 1.44 bits per heavy atom. The summed E-state index contributed by atoms with van der Waals surface area (Å²) >= 11 is 0. The first-order valence-electron chi connectivity index (χ1n) is 6.16. The van der Waals surface area contributed by atoms with Crippen LogP contribution in [0.1, 0.15) is 25.8 Å². The van der Waals surface area contributed by atoms with Gasteiger partial charge in [-0.3, -0.25) is 0 Å². The average molecular weight is 218 g/mol. The van der Waals surface area contributed by atoms with Gasteiger partial charge in [0.25, 0.3) is 0 Å². The average Bonchev–Trinajstić information content (AvgIpc) is 2.33. The Morgan fingerprint density at radius 3 is 2.94 bits per heavy atom. The number of hydrogen-bond donors (Lipinski definition) is 2. The van der Waals surface area contributed by atoms with Crippen LogP contribution in [0.5, 0.6) is 0 Å². The van der Waals surface area contributed by atoms with Crippen LogP contribution in [0.15, 0.2) is 24.3 Å². The van der Waals surface area contributed by atoms with E-state index in [2.05, 4.69) is 48.7 Å². The molecule has 2 heteroatoms. The first-order valence-corrected chi connectivity index (χ1v) is 6.16. The number of hydrogen-bond acceptors (Lipinski definition) is 2. The van der Waals surface area contributed by atoms with E-state index < -0.39 is 0 Å². The van der Waals surface area contributed by atoms with Crippen LogP contribution < -0.4 is 10.6 Å². The van der Waals surface area contributed by atoms with E-state index in [0.717, 1.165) is 13.1 Å². The van der Waals surface area contributed by atoms with Gasteiger partial charge in [0, 0.05) is 12.7 Å². The van der Waals surface area contributed by atoms with Crippen molar-refractivity contribution in [3.63, 3.8) is 0 Å². The van der Waals surface area contributed by atoms with Gasteiger partial charge in [0.05, 0.1) is 0 Å². The normalized spacial score (nSPS) is 30.1. The number of piperidine rings is 1. The van der Waals surface area contributed by atoms with Crippen LogP contribution in [0.25, 0.3) is 0 Å². The van der Waals surface area contributed by atoms with Crippen molar-refractivity contribution < 1.29 is 0 Å². The second-order valence-electron chi connectivity index (χ2n) is 5.10. The first kappa shape index (κ1) is 11.5. The van der Waals surface area contributed by atoms with Gasteiger partial charge in [-0.2, -0.15) is 0 Å². The standard InChI is InChI=1S/C14H22N2/c1-11-10-16-8-7-14(11,2)12-5-4-6-13(9-12)15-3/h4-6,9,11,15-16H,7-8,10H2,1-3H3/t11-,14-/m0/s1. The lowest BCUT2D eigenvalue weighted by Gasteiger charge is -2.40. The molecule has 0 saturated carbocycles. The van der Waals surface area contributed by atoms with Gasteiger partial charge < -0.3 is 10.6 Å². The maximum atomic E-state index is 3.47. The molecular weight excluding hydrogens is 196 g/mol. The molecular formula is C14H22N2. The van der Waals surface area contributed by atoms with Gasteiger partial charge in [0.1, 0.15) is 0 Å². The van der Waals surface area contributed by atoms with Gasteiger partial charge in [-0.1, -0.05) is 26.0 Å². The van der Waals surface area contributed by atoms with E-state index in [1.807, 2.05) is 7.05 Å². The van der Waals surface area contributed by atoms with E-state index in [1.165, 1.54) is 17.7 Å². The second kappa shape index (κ2) is 4.46.